The van der Waals surface area contributed by atoms with Gasteiger partial charge in [0.25, 0.3) is 0 Å². The van der Waals surface area contributed by atoms with Crippen LogP contribution in [0.1, 0.15) is 0 Å². The molecule has 8 heteroatoms. The van der Waals surface area contributed by atoms with E-state index in [0.717, 1.165) is 0 Å². The summed E-state index contributed by atoms with van der Waals surface area (Å²) in [5.41, 5.74) is 0. The average Bonchev–Trinajstić information content (AvgIpc) is 2.83. The fourth-order valence-corrected chi connectivity index (χ4v) is 0.321. The zero-order valence-corrected chi connectivity index (χ0v) is 17.4. The second-order valence-corrected chi connectivity index (χ2v) is 31.0. The summed E-state index contributed by atoms with van der Waals surface area (Å²) >= 11 is 9.81. The first-order chi connectivity index (χ1) is 7.23. The largest absolute Gasteiger partial charge is 0.214 e. The molecule has 0 unspecified atom stereocenters. The van der Waals surface area contributed by atoms with Gasteiger partial charge >= 0.3 is 84.7 Å². The molecule has 0 atom stereocenters. The van der Waals surface area contributed by atoms with Gasteiger partial charge in [0, 0.05) is 21.1 Å². The SMILES string of the molecule is [Br][Ge]([Br])[Br].[C-]#[O+].[C-]#[O+].[C-]#[O+].[W].c1cc[cH-]c1. The fourth-order valence-electron chi connectivity index (χ4n) is 0.321. The van der Waals surface area contributed by atoms with E-state index in [-0.39, 0.29) is 21.1 Å². The first-order valence-corrected chi connectivity index (χ1v) is 17.6. The van der Waals surface area contributed by atoms with Gasteiger partial charge in [-0.15, -0.1) is 0 Å². The van der Waals surface area contributed by atoms with Gasteiger partial charge in [0.05, 0.1) is 0 Å². The third kappa shape index (κ3) is 79.4. The molecule has 3 nitrogen and oxygen atoms in total. The third-order valence-electron chi connectivity index (χ3n) is 0.556. The monoisotopic (exact) mass is 644 g/mol. The molecule has 0 aliphatic rings. The van der Waals surface area contributed by atoms with E-state index in [1.54, 1.807) is 0 Å². The van der Waals surface area contributed by atoms with Crippen LogP contribution in [0.5, 0.6) is 0 Å². The summed E-state index contributed by atoms with van der Waals surface area (Å²) < 4.78 is 22.5. The van der Waals surface area contributed by atoms with Crippen LogP contribution in [0.25, 0.3) is 0 Å². The van der Waals surface area contributed by atoms with Crippen LogP contribution in [-0.4, -0.2) is 8.82 Å². The Morgan fingerprint density at radius 2 is 1.00 bits per heavy atom. The summed E-state index contributed by atoms with van der Waals surface area (Å²) in [4.78, 5) is 0. The number of hydrogen-bond donors (Lipinski definition) is 0. The van der Waals surface area contributed by atoms with Crippen LogP contribution in [0.4, 0.5) is 0 Å². The molecule has 1 aromatic carbocycles. The fraction of sp³-hybridized carbons (Fsp3) is 0. The molecule has 87 valence electrons. The Balaban J connectivity index is -0.0000000337. The van der Waals surface area contributed by atoms with Gasteiger partial charge in [0.2, 0.25) is 0 Å². The van der Waals surface area contributed by atoms with Crippen LogP contribution in [0.15, 0.2) is 30.3 Å². The van der Waals surface area contributed by atoms with Crippen LogP contribution >= 0.6 is 42.0 Å². The van der Waals surface area contributed by atoms with Gasteiger partial charge < -0.3 is 0 Å². The van der Waals surface area contributed by atoms with Crippen LogP contribution in [-0.2, 0) is 35.0 Å². The first kappa shape index (κ1) is 30.3. The van der Waals surface area contributed by atoms with Crippen molar-refractivity contribution in [3.05, 3.63) is 50.3 Å². The van der Waals surface area contributed by atoms with Crippen molar-refractivity contribution >= 4 is 50.8 Å². The van der Waals surface area contributed by atoms with E-state index in [0.29, 0.717) is 0 Å². The van der Waals surface area contributed by atoms with Crippen molar-refractivity contribution in [3.63, 3.8) is 0 Å². The third-order valence-corrected chi connectivity index (χ3v) is 0.556. The van der Waals surface area contributed by atoms with Gasteiger partial charge in [-0.25, -0.2) is 12.1 Å². The molecule has 1 rings (SSSR count). The van der Waals surface area contributed by atoms with Crippen molar-refractivity contribution in [1.29, 1.82) is 0 Å². The maximum absolute atomic E-state index is 7.50. The van der Waals surface area contributed by atoms with Gasteiger partial charge in [-0.1, -0.05) is 0 Å². The molecule has 0 bridgehead atoms. The number of halogens is 3. The molecule has 0 spiro atoms. The molecule has 0 aromatic heterocycles. The summed E-state index contributed by atoms with van der Waals surface area (Å²) in [5, 5.41) is 0. The molecule has 0 saturated carbocycles. The minimum atomic E-state index is -0.896. The van der Waals surface area contributed by atoms with Crippen molar-refractivity contribution in [2.75, 3.05) is 0 Å². The van der Waals surface area contributed by atoms with E-state index < -0.39 is 8.82 Å². The molecule has 0 aliphatic carbocycles. The van der Waals surface area contributed by atoms with Gasteiger partial charge in [-0.05, 0) is 0 Å². The van der Waals surface area contributed by atoms with Crippen molar-refractivity contribution in [2.45, 2.75) is 0 Å². The molecule has 0 amide bonds. The van der Waals surface area contributed by atoms with Crippen molar-refractivity contribution in [3.8, 4) is 0 Å². The van der Waals surface area contributed by atoms with Gasteiger partial charge in [0.1, 0.15) is 0 Å². The van der Waals surface area contributed by atoms with Crippen LogP contribution < -0.4 is 0 Å². The minimum absolute atomic E-state index is 0. The number of rotatable bonds is 0. The topological polar surface area (TPSA) is 59.7 Å². The van der Waals surface area contributed by atoms with E-state index in [9.17, 15) is 0 Å². The maximum atomic E-state index is 7.50. The quantitative estimate of drug-likeness (QED) is 0.236. The molecule has 16 heavy (non-hydrogen) atoms. The van der Waals surface area contributed by atoms with Crippen molar-refractivity contribution in [1.82, 2.24) is 0 Å². The molecular weight excluding hydrogens is 640 g/mol. The average molecular weight is 645 g/mol. The van der Waals surface area contributed by atoms with Crippen LogP contribution in [0.3, 0.4) is 0 Å². The predicted octanol–water partition coefficient (Wildman–Crippen LogP) is 3.45. The van der Waals surface area contributed by atoms with Crippen LogP contribution in [0, 0.1) is 20.0 Å². The maximum Gasteiger partial charge on any atom is 0 e. The zero-order valence-electron chi connectivity index (χ0n) is 7.65. The Morgan fingerprint density at radius 3 is 1.06 bits per heavy atom. The van der Waals surface area contributed by atoms with E-state index >= 15 is 0 Å². The smallest absolute Gasteiger partial charge is 0 e. The van der Waals surface area contributed by atoms with Crippen molar-refractivity contribution < 1.29 is 35.0 Å². The Hall–Kier alpha value is 1.24. The number of hydrogen-bond acceptors (Lipinski definition) is 0. The Labute approximate surface area is 134 Å². The molecule has 0 fully saturated rings. The van der Waals surface area contributed by atoms with Gasteiger partial charge in [-0.2, -0.15) is 18.2 Å². The molecule has 0 saturated heterocycles. The summed E-state index contributed by atoms with van der Waals surface area (Å²) in [5.74, 6) is 0. The Morgan fingerprint density at radius 1 is 0.812 bits per heavy atom. The summed E-state index contributed by atoms with van der Waals surface area (Å²) in [6.45, 7) is 13.5. The zero-order chi connectivity index (χ0) is 13.1. The van der Waals surface area contributed by atoms with Gasteiger partial charge in [-0.3, -0.25) is 0 Å². The normalized spacial score (nSPS) is 5.12. The molecular formula is C8H5Br3GeO3W-. The Bertz CT molecular complexity index is 190. The van der Waals surface area contributed by atoms with E-state index in [1.807, 2.05) is 30.3 Å². The van der Waals surface area contributed by atoms with E-state index in [1.165, 1.54) is 0 Å². The Kier molecular flexibility index (Phi) is 83.8. The van der Waals surface area contributed by atoms with Crippen LogP contribution in [0.2, 0.25) is 0 Å². The molecule has 1 radical (unpaired) electrons. The van der Waals surface area contributed by atoms with Gasteiger partial charge in [0.15, 0.2) is 0 Å². The van der Waals surface area contributed by atoms with Crippen molar-refractivity contribution in [2.24, 2.45) is 0 Å². The van der Waals surface area contributed by atoms with E-state index in [2.05, 4.69) is 62.0 Å². The first-order valence-electron chi connectivity index (χ1n) is 2.85. The molecule has 0 heterocycles. The molecule has 0 N–H and O–H groups in total. The molecule has 1 aromatic rings. The summed E-state index contributed by atoms with van der Waals surface area (Å²) in [6.07, 6.45) is 0. The van der Waals surface area contributed by atoms with E-state index in [4.69, 9.17) is 14.0 Å². The standard InChI is InChI=1S/C5H5.3CO.Br3Ge.W/c1-2-4-5-3-1;3*1-2;1-4(2)3;/h1-5H;;;;;/q-1;;;;;. The minimum Gasteiger partial charge on any atom is -0.214 e. The molecule has 0 aliphatic heterocycles. The second kappa shape index (κ2) is 44.2. The summed E-state index contributed by atoms with van der Waals surface area (Å²) in [7, 11) is -0.896. The second-order valence-electron chi connectivity index (χ2n) is 1.18. The predicted molar refractivity (Wildman–Crippen MR) is 66.4 cm³/mol. The summed E-state index contributed by atoms with van der Waals surface area (Å²) in [6, 6.07) is 10.0.